The van der Waals surface area contributed by atoms with Crippen molar-refractivity contribution in [2.75, 3.05) is 5.32 Å². The molecule has 4 nitrogen and oxygen atoms in total. The highest BCUT2D eigenvalue weighted by Gasteiger charge is 2.03. The number of thiocarbonyl (C=S) groups is 1. The van der Waals surface area contributed by atoms with E-state index in [2.05, 4.69) is 70.8 Å². The Hall–Kier alpha value is -2.92. The number of hydrogen-bond donors (Lipinski definition) is 2. The van der Waals surface area contributed by atoms with Gasteiger partial charge in [0.2, 0.25) is 0 Å². The minimum absolute atomic E-state index is 0.476. The molecule has 0 fully saturated rings. The van der Waals surface area contributed by atoms with E-state index in [0.29, 0.717) is 5.11 Å². The zero-order valence-electron chi connectivity index (χ0n) is 15.6. The van der Waals surface area contributed by atoms with E-state index in [4.69, 9.17) is 12.2 Å². The molecule has 0 spiro atoms. The van der Waals surface area contributed by atoms with Crippen molar-refractivity contribution in [1.29, 1.82) is 0 Å². The molecule has 0 atom stereocenters. The number of anilines is 1. The first-order valence-electron chi connectivity index (χ1n) is 9.05. The Bertz CT molecular complexity index is 943. The molecule has 0 bridgehead atoms. The second kappa shape index (κ2) is 9.14. The molecule has 138 valence electrons. The van der Waals surface area contributed by atoms with Crippen molar-refractivity contribution in [2.45, 2.75) is 26.8 Å². The highest BCUT2D eigenvalue weighted by Crippen LogP contribution is 2.15. The molecule has 0 unspecified atom stereocenters. The summed E-state index contributed by atoms with van der Waals surface area (Å²) in [6.07, 6.45) is 4.79. The normalized spacial score (nSPS) is 10.9. The number of rotatable bonds is 6. The van der Waals surface area contributed by atoms with Gasteiger partial charge in [0.25, 0.3) is 0 Å². The van der Waals surface area contributed by atoms with Crippen molar-refractivity contribution in [1.82, 2.24) is 9.99 Å². The number of benzene rings is 2. The van der Waals surface area contributed by atoms with Crippen molar-refractivity contribution in [3.05, 3.63) is 89.2 Å². The number of aromatic nitrogens is 1. The van der Waals surface area contributed by atoms with Crippen molar-refractivity contribution in [2.24, 2.45) is 5.10 Å². The molecule has 0 saturated carbocycles. The number of para-hydroxylation sites is 1. The standard InChI is InChI=1S/C22H24N4S/c1-3-18-10-6-7-13-21(18)24-22(27)25-23-15-20-12-8-14-26(20)16-19-11-5-4-9-17(19)2/h4-15H,3,16H2,1-2H3,(H2,24,25,27)/b23-15-. The lowest BCUT2D eigenvalue weighted by molar-refractivity contribution is 0.793. The molecule has 0 aliphatic heterocycles. The molecule has 0 aliphatic carbocycles. The highest BCUT2D eigenvalue weighted by atomic mass is 32.1. The summed E-state index contributed by atoms with van der Waals surface area (Å²) < 4.78 is 2.16. The van der Waals surface area contributed by atoms with Gasteiger partial charge in [0.15, 0.2) is 5.11 Å². The van der Waals surface area contributed by atoms with Crippen LogP contribution in [0.15, 0.2) is 72.0 Å². The van der Waals surface area contributed by atoms with Crippen molar-refractivity contribution < 1.29 is 0 Å². The van der Waals surface area contributed by atoms with Crippen LogP contribution in [0.2, 0.25) is 0 Å². The van der Waals surface area contributed by atoms with Gasteiger partial charge in [-0.25, -0.2) is 0 Å². The number of nitrogens with zero attached hydrogens (tertiary/aromatic N) is 2. The van der Waals surface area contributed by atoms with Gasteiger partial charge in [0.1, 0.15) is 0 Å². The van der Waals surface area contributed by atoms with E-state index in [-0.39, 0.29) is 0 Å². The quantitative estimate of drug-likeness (QED) is 0.371. The van der Waals surface area contributed by atoms with Crippen LogP contribution in [0.5, 0.6) is 0 Å². The molecule has 1 aromatic heterocycles. The Morgan fingerprint density at radius 3 is 2.56 bits per heavy atom. The average Bonchev–Trinajstić information content (AvgIpc) is 3.11. The van der Waals surface area contributed by atoms with E-state index in [9.17, 15) is 0 Å². The third-order valence-electron chi connectivity index (χ3n) is 4.48. The predicted octanol–water partition coefficient (Wildman–Crippen LogP) is 4.73. The minimum Gasteiger partial charge on any atom is -0.342 e. The van der Waals surface area contributed by atoms with Crippen LogP contribution >= 0.6 is 12.2 Å². The van der Waals surface area contributed by atoms with Gasteiger partial charge in [-0.3, -0.25) is 5.43 Å². The summed E-state index contributed by atoms with van der Waals surface area (Å²) in [5.41, 5.74) is 8.73. The first-order valence-corrected chi connectivity index (χ1v) is 9.46. The van der Waals surface area contributed by atoms with Crippen LogP contribution in [0.1, 0.15) is 29.3 Å². The van der Waals surface area contributed by atoms with Gasteiger partial charge in [0.05, 0.1) is 11.9 Å². The van der Waals surface area contributed by atoms with E-state index in [1.807, 2.05) is 30.3 Å². The minimum atomic E-state index is 0.476. The maximum absolute atomic E-state index is 5.35. The van der Waals surface area contributed by atoms with Gasteiger partial charge in [-0.15, -0.1) is 0 Å². The summed E-state index contributed by atoms with van der Waals surface area (Å²) in [6.45, 7) is 5.07. The van der Waals surface area contributed by atoms with Crippen LogP contribution < -0.4 is 10.7 Å². The fraction of sp³-hybridized carbons (Fsp3) is 0.182. The molecule has 2 N–H and O–H groups in total. The molecule has 3 rings (SSSR count). The molecule has 0 aliphatic rings. The van der Waals surface area contributed by atoms with Gasteiger partial charge >= 0.3 is 0 Å². The maximum Gasteiger partial charge on any atom is 0.191 e. The lowest BCUT2D eigenvalue weighted by Gasteiger charge is -2.11. The Morgan fingerprint density at radius 2 is 1.78 bits per heavy atom. The second-order valence-corrected chi connectivity index (χ2v) is 6.73. The number of aryl methyl sites for hydroxylation is 2. The third-order valence-corrected chi connectivity index (χ3v) is 4.67. The van der Waals surface area contributed by atoms with Crippen LogP contribution in [-0.2, 0) is 13.0 Å². The molecular weight excluding hydrogens is 352 g/mol. The molecule has 5 heteroatoms. The maximum atomic E-state index is 5.35. The van der Waals surface area contributed by atoms with E-state index >= 15 is 0 Å². The van der Waals surface area contributed by atoms with E-state index < -0.39 is 0 Å². The number of nitrogens with one attached hydrogen (secondary N) is 2. The van der Waals surface area contributed by atoms with Crippen LogP contribution in [0.25, 0.3) is 0 Å². The predicted molar refractivity (Wildman–Crippen MR) is 117 cm³/mol. The van der Waals surface area contributed by atoms with Crippen LogP contribution in [0, 0.1) is 6.92 Å². The van der Waals surface area contributed by atoms with Crippen molar-refractivity contribution >= 4 is 29.2 Å². The molecular formula is C22H24N4S. The van der Waals surface area contributed by atoms with E-state index in [1.54, 1.807) is 6.21 Å². The molecule has 27 heavy (non-hydrogen) atoms. The molecule has 2 aromatic carbocycles. The average molecular weight is 377 g/mol. The fourth-order valence-corrected chi connectivity index (χ4v) is 3.08. The van der Waals surface area contributed by atoms with Crippen molar-refractivity contribution in [3.8, 4) is 0 Å². The molecule has 0 radical (unpaired) electrons. The summed E-state index contributed by atoms with van der Waals surface area (Å²) in [7, 11) is 0. The van der Waals surface area contributed by atoms with Gasteiger partial charge in [-0.05, 0) is 60.5 Å². The largest absolute Gasteiger partial charge is 0.342 e. The zero-order valence-corrected chi connectivity index (χ0v) is 16.5. The smallest absolute Gasteiger partial charge is 0.191 e. The Labute approximate surface area is 165 Å². The van der Waals surface area contributed by atoms with Gasteiger partial charge < -0.3 is 9.88 Å². The molecule has 3 aromatic rings. The van der Waals surface area contributed by atoms with Crippen LogP contribution in [0.3, 0.4) is 0 Å². The highest BCUT2D eigenvalue weighted by molar-refractivity contribution is 7.80. The fourth-order valence-electron chi connectivity index (χ4n) is 2.92. The summed E-state index contributed by atoms with van der Waals surface area (Å²) >= 11 is 5.35. The Balaban J connectivity index is 1.61. The Kier molecular flexibility index (Phi) is 6.39. The lowest BCUT2D eigenvalue weighted by atomic mass is 10.1. The van der Waals surface area contributed by atoms with E-state index in [1.165, 1.54) is 16.7 Å². The molecule has 0 amide bonds. The number of hydrogen-bond acceptors (Lipinski definition) is 2. The first-order chi connectivity index (χ1) is 13.2. The van der Waals surface area contributed by atoms with Crippen molar-refractivity contribution in [3.63, 3.8) is 0 Å². The lowest BCUT2D eigenvalue weighted by Crippen LogP contribution is -2.24. The number of hydrazone groups is 1. The summed E-state index contributed by atoms with van der Waals surface area (Å²) in [5, 5.41) is 7.97. The molecule has 0 saturated heterocycles. The first kappa shape index (κ1) is 18.9. The van der Waals surface area contributed by atoms with Gasteiger partial charge in [-0.2, -0.15) is 5.10 Å². The SMILES string of the molecule is CCc1ccccc1NC(=S)N/N=C\c1cccn1Cc1ccccc1C. The van der Waals surface area contributed by atoms with Crippen LogP contribution in [0.4, 0.5) is 5.69 Å². The third kappa shape index (κ3) is 5.05. The summed E-state index contributed by atoms with van der Waals surface area (Å²) in [5.74, 6) is 0. The van der Waals surface area contributed by atoms with Crippen LogP contribution in [-0.4, -0.2) is 15.9 Å². The summed E-state index contributed by atoms with van der Waals surface area (Å²) in [4.78, 5) is 0. The Morgan fingerprint density at radius 1 is 1.04 bits per heavy atom. The molecule has 1 heterocycles. The zero-order chi connectivity index (χ0) is 19.1. The second-order valence-electron chi connectivity index (χ2n) is 6.32. The van der Waals surface area contributed by atoms with E-state index in [0.717, 1.165) is 24.3 Å². The van der Waals surface area contributed by atoms with Gasteiger partial charge in [-0.1, -0.05) is 49.4 Å². The monoisotopic (exact) mass is 376 g/mol. The topological polar surface area (TPSA) is 41.4 Å². The summed E-state index contributed by atoms with van der Waals surface area (Å²) in [6, 6.07) is 20.6. The van der Waals surface area contributed by atoms with Gasteiger partial charge in [0, 0.05) is 18.4 Å².